The summed E-state index contributed by atoms with van der Waals surface area (Å²) in [4.78, 5) is 2.65. The lowest BCUT2D eigenvalue weighted by Crippen LogP contribution is -2.24. The molecule has 10 rings (SSSR count). The largest absolute Gasteiger partial charge is 0.455 e. The molecule has 7 aromatic rings. The Bertz CT molecular complexity index is 3220. The first-order valence-corrected chi connectivity index (χ1v) is 24.6. The molecule has 2 heteroatoms. The van der Waals surface area contributed by atoms with Crippen molar-refractivity contribution in [2.75, 3.05) is 4.90 Å². The summed E-state index contributed by atoms with van der Waals surface area (Å²) >= 11 is 0. The van der Waals surface area contributed by atoms with Gasteiger partial charge in [0, 0.05) is 49.7 Å². The van der Waals surface area contributed by atoms with Crippen LogP contribution in [0.25, 0.3) is 49.8 Å². The highest BCUT2D eigenvalue weighted by atomic mass is 16.3. The number of nitrogens with zero attached hydrogens (tertiary/aromatic N) is 1. The van der Waals surface area contributed by atoms with Gasteiger partial charge < -0.3 is 9.32 Å². The van der Waals surface area contributed by atoms with Gasteiger partial charge in [0.2, 0.25) is 0 Å². The molecule has 1 aromatic heterocycles. The fourth-order valence-corrected chi connectivity index (χ4v) is 11.5. The minimum Gasteiger partial charge on any atom is -0.455 e. The third-order valence-electron chi connectivity index (χ3n) is 15.6. The van der Waals surface area contributed by atoms with E-state index in [1.165, 1.54) is 100 Å². The maximum Gasteiger partial charge on any atom is 0.143 e. The summed E-state index contributed by atoms with van der Waals surface area (Å²) in [7, 11) is 0. The summed E-state index contributed by atoms with van der Waals surface area (Å²) in [5.74, 6) is 0. The summed E-state index contributed by atoms with van der Waals surface area (Å²) in [6, 6.07) is 42.5. The van der Waals surface area contributed by atoms with E-state index in [1.807, 2.05) is 0 Å². The van der Waals surface area contributed by atoms with Gasteiger partial charge in [-0.25, -0.2) is 0 Å². The summed E-state index contributed by atoms with van der Waals surface area (Å²) in [5.41, 5.74) is 24.1. The number of hydrogen-bond acceptors (Lipinski definition) is 2. The zero-order valence-corrected chi connectivity index (χ0v) is 42.7. The normalized spacial score (nSPS) is 16.6. The number of furan rings is 1. The Kier molecular flexibility index (Phi) is 9.69. The smallest absolute Gasteiger partial charge is 0.143 e. The maximum atomic E-state index is 7.28. The van der Waals surface area contributed by atoms with E-state index in [0.717, 1.165) is 29.6 Å². The molecule has 0 fully saturated rings. The van der Waals surface area contributed by atoms with Crippen LogP contribution < -0.4 is 4.90 Å². The Morgan fingerprint density at radius 1 is 0.455 bits per heavy atom. The maximum absolute atomic E-state index is 7.28. The van der Waals surface area contributed by atoms with Gasteiger partial charge in [-0.1, -0.05) is 196 Å². The van der Waals surface area contributed by atoms with Crippen molar-refractivity contribution >= 4 is 38.9 Å². The predicted molar refractivity (Wildman–Crippen MR) is 284 cm³/mol. The molecule has 338 valence electrons. The number of fused-ring (bicyclic) bond motifs is 8. The van der Waals surface area contributed by atoms with Crippen molar-refractivity contribution < 1.29 is 4.42 Å². The quantitative estimate of drug-likeness (QED) is 0.175. The van der Waals surface area contributed by atoms with Gasteiger partial charge in [0.15, 0.2) is 0 Å². The molecule has 6 aromatic carbocycles. The zero-order valence-electron chi connectivity index (χ0n) is 42.7. The highest BCUT2D eigenvalue weighted by molar-refractivity contribution is 6.12. The molecule has 0 bridgehead atoms. The van der Waals surface area contributed by atoms with E-state index in [2.05, 4.69) is 231 Å². The van der Waals surface area contributed by atoms with Crippen LogP contribution in [0.4, 0.5) is 11.4 Å². The monoisotopic (exact) mass is 870 g/mol. The summed E-state index contributed by atoms with van der Waals surface area (Å²) in [6.07, 6.45) is 4.50. The number of para-hydroxylation sites is 1. The predicted octanol–water partition coefficient (Wildman–Crippen LogP) is 18.3. The van der Waals surface area contributed by atoms with Crippen molar-refractivity contribution in [1.29, 1.82) is 0 Å². The van der Waals surface area contributed by atoms with Crippen molar-refractivity contribution in [1.82, 2.24) is 0 Å². The minimum atomic E-state index is -0.142. The highest BCUT2D eigenvalue weighted by Gasteiger charge is 2.41. The first-order valence-electron chi connectivity index (χ1n) is 24.6. The number of rotatable bonds is 4. The third kappa shape index (κ3) is 6.87. The van der Waals surface area contributed by atoms with Crippen molar-refractivity contribution in [3.63, 3.8) is 0 Å². The second-order valence-corrected chi connectivity index (χ2v) is 25.1. The molecule has 0 atom stereocenters. The lowest BCUT2D eigenvalue weighted by Gasteiger charge is -2.35. The van der Waals surface area contributed by atoms with Gasteiger partial charge in [0.05, 0.1) is 5.69 Å². The van der Waals surface area contributed by atoms with Gasteiger partial charge in [0.25, 0.3) is 0 Å². The Morgan fingerprint density at radius 2 is 1.06 bits per heavy atom. The van der Waals surface area contributed by atoms with Crippen LogP contribution in [-0.4, -0.2) is 0 Å². The van der Waals surface area contributed by atoms with Crippen molar-refractivity contribution in [2.24, 2.45) is 0 Å². The van der Waals surface area contributed by atoms with Crippen molar-refractivity contribution in [3.8, 4) is 22.3 Å². The molecule has 0 N–H and O–H groups in total. The molecule has 3 aliphatic rings. The summed E-state index contributed by atoms with van der Waals surface area (Å²) in [6.45, 7) is 37.6. The number of anilines is 2. The number of benzene rings is 6. The van der Waals surface area contributed by atoms with E-state index in [-0.39, 0.29) is 32.5 Å². The van der Waals surface area contributed by atoms with E-state index >= 15 is 0 Å². The first-order chi connectivity index (χ1) is 30.8. The van der Waals surface area contributed by atoms with E-state index in [9.17, 15) is 0 Å². The van der Waals surface area contributed by atoms with Crippen LogP contribution in [-0.2, 0) is 32.5 Å². The molecule has 0 aliphatic heterocycles. The number of hydrogen-bond donors (Lipinski definition) is 0. The first kappa shape index (κ1) is 44.2. The van der Waals surface area contributed by atoms with Crippen molar-refractivity contribution in [2.45, 2.75) is 156 Å². The van der Waals surface area contributed by atoms with Gasteiger partial charge in [-0.05, 0) is 126 Å². The standard InChI is InChI=1S/C64H71NO/c1-59(2,3)38-24-28-44-46-31-27-42(37-54(46)64(15,16)52(44)33-38)65(41-26-30-45-43-20-17-18-23-51(43)63(13,14)53(45)36-41)56-35-39(60(4,5)6)25-29-47(56)48-21-19-22-49-50-32-40(61(7,8)9)34-55(62(10,11)12)58(50)66-57(48)49/h17-26,28-30,32-37H,27,31H2,1-16H3. The summed E-state index contributed by atoms with van der Waals surface area (Å²) < 4.78 is 7.28. The molecule has 0 amide bonds. The molecule has 0 unspecified atom stereocenters. The average molecular weight is 870 g/mol. The zero-order chi connectivity index (χ0) is 47.3. The van der Waals surface area contributed by atoms with Crippen LogP contribution in [0, 0.1) is 0 Å². The minimum absolute atomic E-state index is 0.00912. The van der Waals surface area contributed by atoms with Crippen LogP contribution in [0.15, 0.2) is 131 Å². The summed E-state index contributed by atoms with van der Waals surface area (Å²) in [5, 5.41) is 2.36. The second kappa shape index (κ2) is 14.5. The second-order valence-electron chi connectivity index (χ2n) is 25.1. The molecule has 2 nitrogen and oxygen atoms in total. The van der Waals surface area contributed by atoms with Crippen LogP contribution >= 0.6 is 0 Å². The Labute approximate surface area is 395 Å². The third-order valence-corrected chi connectivity index (χ3v) is 15.6. The van der Waals surface area contributed by atoms with E-state index in [0.29, 0.717) is 0 Å². The van der Waals surface area contributed by atoms with Crippen molar-refractivity contribution in [3.05, 3.63) is 171 Å². The van der Waals surface area contributed by atoms with Gasteiger partial charge in [0.1, 0.15) is 11.2 Å². The molecule has 0 saturated heterocycles. The van der Waals surface area contributed by atoms with Crippen LogP contribution in [0.5, 0.6) is 0 Å². The van der Waals surface area contributed by atoms with Gasteiger partial charge >= 0.3 is 0 Å². The SMILES string of the molecule is CC(C)(C)c1ccc(-c2cccc3c2oc2c(C(C)(C)C)cc(C(C)(C)C)cc23)c(N(C2=CC3=C(CC2)c2ccc(C(C)(C)C)cc2C3(C)C)c2ccc3c(c2)C(C)(C)c2ccccc2-3)c1. The van der Waals surface area contributed by atoms with Gasteiger partial charge in [-0.3, -0.25) is 0 Å². The molecular weight excluding hydrogens is 799 g/mol. The highest BCUT2D eigenvalue weighted by Crippen LogP contribution is 2.56. The van der Waals surface area contributed by atoms with Gasteiger partial charge in [-0.15, -0.1) is 0 Å². The van der Waals surface area contributed by atoms with Gasteiger partial charge in [-0.2, -0.15) is 0 Å². The fraction of sp³-hybridized carbons (Fsp3) is 0.375. The van der Waals surface area contributed by atoms with Crippen LogP contribution in [0.2, 0.25) is 0 Å². The van der Waals surface area contributed by atoms with E-state index in [1.54, 1.807) is 0 Å². The molecule has 66 heavy (non-hydrogen) atoms. The lowest BCUT2D eigenvalue weighted by molar-refractivity contribution is 0.559. The topological polar surface area (TPSA) is 16.4 Å². The lowest BCUT2D eigenvalue weighted by atomic mass is 9.77. The molecule has 0 saturated carbocycles. The molecule has 0 radical (unpaired) electrons. The number of allylic oxidation sites excluding steroid dienone is 4. The van der Waals surface area contributed by atoms with Crippen LogP contribution in [0.3, 0.4) is 0 Å². The Balaban J connectivity index is 1.25. The fourth-order valence-electron chi connectivity index (χ4n) is 11.5. The molecular formula is C64H71NO. The molecule has 1 heterocycles. The Hall–Kier alpha value is -5.60. The molecule has 0 spiro atoms. The van der Waals surface area contributed by atoms with E-state index in [4.69, 9.17) is 4.42 Å². The van der Waals surface area contributed by atoms with E-state index < -0.39 is 0 Å². The van der Waals surface area contributed by atoms with Crippen LogP contribution in [0.1, 0.15) is 168 Å². The molecule has 3 aliphatic carbocycles. The average Bonchev–Trinajstić information content (AvgIpc) is 3.81. The Morgan fingerprint density at radius 3 is 1.74 bits per heavy atom.